The summed E-state index contributed by atoms with van der Waals surface area (Å²) in [6.07, 6.45) is 2.84. The van der Waals surface area contributed by atoms with Crippen molar-refractivity contribution in [3.8, 4) is 11.5 Å². The van der Waals surface area contributed by atoms with Crippen LogP contribution in [0.5, 0.6) is 0 Å². The van der Waals surface area contributed by atoms with Crippen molar-refractivity contribution in [2.75, 3.05) is 11.5 Å². The fourth-order valence-corrected chi connectivity index (χ4v) is 5.87. The lowest BCUT2D eigenvalue weighted by Crippen LogP contribution is -2.11. The van der Waals surface area contributed by atoms with Gasteiger partial charge in [-0.25, -0.2) is 17.8 Å². The number of sulfone groups is 1. The van der Waals surface area contributed by atoms with Crippen LogP contribution in [0, 0.1) is 11.7 Å². The van der Waals surface area contributed by atoms with Crippen LogP contribution >= 0.6 is 11.8 Å². The molecule has 10 heteroatoms. The summed E-state index contributed by atoms with van der Waals surface area (Å²) in [6.45, 7) is 0. The zero-order valence-electron chi connectivity index (χ0n) is 15.2. The Morgan fingerprint density at radius 3 is 2.96 bits per heavy atom. The lowest BCUT2D eigenvalue weighted by Gasteiger charge is -2.07. The summed E-state index contributed by atoms with van der Waals surface area (Å²) in [5.74, 6) is 1.94. The highest BCUT2D eigenvalue weighted by Crippen LogP contribution is 2.26. The summed E-state index contributed by atoms with van der Waals surface area (Å²) < 4.78 is 43.9. The first-order valence-corrected chi connectivity index (χ1v) is 11.6. The largest absolute Gasteiger partial charge is 0.444 e. The second-order valence-corrected chi connectivity index (χ2v) is 10.0. The van der Waals surface area contributed by atoms with E-state index in [1.807, 2.05) is 11.6 Å². The molecule has 2 aromatic heterocycles. The van der Waals surface area contributed by atoms with Crippen LogP contribution in [0.2, 0.25) is 0 Å². The van der Waals surface area contributed by atoms with Gasteiger partial charge in [-0.15, -0.1) is 10.2 Å². The second-order valence-electron chi connectivity index (χ2n) is 6.87. The minimum atomic E-state index is -2.90. The Labute approximate surface area is 166 Å². The van der Waals surface area contributed by atoms with Gasteiger partial charge in [0, 0.05) is 24.8 Å². The number of hydrogen-bond acceptors (Lipinski definition) is 7. The summed E-state index contributed by atoms with van der Waals surface area (Å²) in [5, 5.41) is 9.15. The number of rotatable bonds is 6. The maximum atomic E-state index is 13.3. The first-order valence-electron chi connectivity index (χ1n) is 8.81. The third-order valence-corrected chi connectivity index (χ3v) is 7.59. The molecule has 3 heterocycles. The van der Waals surface area contributed by atoms with Gasteiger partial charge in [0.15, 0.2) is 15.0 Å². The van der Waals surface area contributed by atoms with Gasteiger partial charge in [0.1, 0.15) is 17.9 Å². The molecule has 1 aliphatic heterocycles. The predicted octanol–water partition coefficient (Wildman–Crippen LogP) is 2.88. The Bertz CT molecular complexity index is 1090. The second kappa shape index (κ2) is 7.67. The normalized spacial score (nSPS) is 18.6. The molecule has 0 spiro atoms. The van der Waals surface area contributed by atoms with Gasteiger partial charge in [-0.2, -0.15) is 0 Å². The maximum Gasteiger partial charge on any atom is 0.226 e. The molecule has 1 atom stereocenters. The summed E-state index contributed by atoms with van der Waals surface area (Å²) in [7, 11) is -1.02. The molecule has 1 aliphatic rings. The van der Waals surface area contributed by atoms with Crippen molar-refractivity contribution in [1.82, 2.24) is 19.7 Å². The lowest BCUT2D eigenvalue weighted by molar-refractivity contribution is 0.552. The van der Waals surface area contributed by atoms with Crippen LogP contribution in [-0.2, 0) is 29.1 Å². The molecule has 1 unspecified atom stereocenters. The van der Waals surface area contributed by atoms with Gasteiger partial charge in [0.25, 0.3) is 0 Å². The number of hydrogen-bond donors (Lipinski definition) is 0. The van der Waals surface area contributed by atoms with E-state index in [1.165, 1.54) is 23.9 Å². The Morgan fingerprint density at radius 1 is 1.36 bits per heavy atom. The van der Waals surface area contributed by atoms with Gasteiger partial charge in [-0.05, 0) is 30.5 Å². The zero-order chi connectivity index (χ0) is 19.7. The SMILES string of the molecule is Cn1c(CC2CCS(=O)(=O)C2)nnc1SCc1coc(-c2cccc(F)c2)n1. The van der Waals surface area contributed by atoms with Crippen LogP contribution in [0.15, 0.2) is 40.1 Å². The minimum absolute atomic E-state index is 0.107. The number of benzene rings is 1. The molecule has 0 amide bonds. The Hall–Kier alpha value is -2.20. The van der Waals surface area contributed by atoms with E-state index < -0.39 is 9.84 Å². The van der Waals surface area contributed by atoms with Crippen LogP contribution in [0.3, 0.4) is 0 Å². The molecule has 1 aromatic carbocycles. The van der Waals surface area contributed by atoms with E-state index in [0.717, 1.165) is 16.7 Å². The molecular weight excluding hydrogens is 403 g/mol. The van der Waals surface area contributed by atoms with Crippen molar-refractivity contribution in [2.24, 2.45) is 13.0 Å². The molecule has 28 heavy (non-hydrogen) atoms. The molecule has 148 valence electrons. The number of halogens is 1. The molecule has 4 rings (SSSR count). The van der Waals surface area contributed by atoms with Gasteiger partial charge in [-0.1, -0.05) is 17.8 Å². The first-order chi connectivity index (χ1) is 13.4. The fraction of sp³-hybridized carbons (Fsp3) is 0.389. The summed E-state index contributed by atoms with van der Waals surface area (Å²) in [6, 6.07) is 6.10. The van der Waals surface area contributed by atoms with Crippen molar-refractivity contribution in [3.63, 3.8) is 0 Å². The number of nitrogens with zero attached hydrogens (tertiary/aromatic N) is 4. The zero-order valence-corrected chi connectivity index (χ0v) is 16.8. The van der Waals surface area contributed by atoms with Crippen molar-refractivity contribution in [1.29, 1.82) is 0 Å². The van der Waals surface area contributed by atoms with Crippen molar-refractivity contribution >= 4 is 21.6 Å². The molecule has 0 bridgehead atoms. The van der Waals surface area contributed by atoms with Crippen LogP contribution in [0.4, 0.5) is 4.39 Å². The maximum absolute atomic E-state index is 13.3. The molecular formula is C18H19FN4O3S2. The van der Waals surface area contributed by atoms with Gasteiger partial charge in [0.2, 0.25) is 5.89 Å². The standard InChI is InChI=1S/C18H19FN4O3S2/c1-23-16(7-12-5-6-28(24,25)11-12)21-22-18(23)27-10-15-9-26-17(20-15)13-3-2-4-14(19)8-13/h2-4,8-9,12H,5-7,10-11H2,1H3. The monoisotopic (exact) mass is 422 g/mol. The third kappa shape index (κ3) is 4.27. The summed E-state index contributed by atoms with van der Waals surface area (Å²) in [4.78, 5) is 4.39. The fourth-order valence-electron chi connectivity index (χ4n) is 3.21. The molecule has 1 fully saturated rings. The van der Waals surface area contributed by atoms with E-state index in [4.69, 9.17) is 4.42 Å². The number of thioether (sulfide) groups is 1. The van der Waals surface area contributed by atoms with Gasteiger partial charge < -0.3 is 8.98 Å². The van der Waals surface area contributed by atoms with Crippen molar-refractivity contribution < 1.29 is 17.2 Å². The van der Waals surface area contributed by atoms with Crippen LogP contribution in [0.1, 0.15) is 17.9 Å². The topological polar surface area (TPSA) is 90.9 Å². The highest BCUT2D eigenvalue weighted by Gasteiger charge is 2.29. The quantitative estimate of drug-likeness (QED) is 0.564. The van der Waals surface area contributed by atoms with E-state index in [-0.39, 0.29) is 23.2 Å². The summed E-state index contributed by atoms with van der Waals surface area (Å²) >= 11 is 1.46. The number of aromatic nitrogens is 4. The average molecular weight is 423 g/mol. The Kier molecular flexibility index (Phi) is 5.24. The van der Waals surface area contributed by atoms with Gasteiger partial charge in [-0.3, -0.25) is 0 Å². The van der Waals surface area contributed by atoms with E-state index in [1.54, 1.807) is 18.4 Å². The van der Waals surface area contributed by atoms with Gasteiger partial charge >= 0.3 is 0 Å². The lowest BCUT2D eigenvalue weighted by atomic mass is 10.1. The molecule has 1 saturated heterocycles. The van der Waals surface area contributed by atoms with E-state index in [2.05, 4.69) is 15.2 Å². The van der Waals surface area contributed by atoms with Crippen molar-refractivity contribution in [3.05, 3.63) is 47.9 Å². The van der Waals surface area contributed by atoms with Gasteiger partial charge in [0.05, 0.1) is 17.2 Å². The number of oxazole rings is 1. The highest BCUT2D eigenvalue weighted by atomic mass is 32.2. The Balaban J connectivity index is 1.39. The van der Waals surface area contributed by atoms with Crippen LogP contribution < -0.4 is 0 Å². The molecule has 7 nitrogen and oxygen atoms in total. The molecule has 0 N–H and O–H groups in total. The first kappa shape index (κ1) is 19.1. The molecule has 3 aromatic rings. The van der Waals surface area contributed by atoms with Crippen LogP contribution in [-0.4, -0.2) is 39.7 Å². The van der Waals surface area contributed by atoms with E-state index in [9.17, 15) is 12.8 Å². The predicted molar refractivity (Wildman–Crippen MR) is 103 cm³/mol. The molecule has 0 radical (unpaired) electrons. The van der Waals surface area contributed by atoms with Crippen LogP contribution in [0.25, 0.3) is 11.5 Å². The highest BCUT2D eigenvalue weighted by molar-refractivity contribution is 7.98. The summed E-state index contributed by atoms with van der Waals surface area (Å²) in [5.41, 5.74) is 1.31. The minimum Gasteiger partial charge on any atom is -0.444 e. The third-order valence-electron chi connectivity index (χ3n) is 4.70. The van der Waals surface area contributed by atoms with Crippen molar-refractivity contribution in [2.45, 2.75) is 23.8 Å². The van der Waals surface area contributed by atoms with E-state index in [0.29, 0.717) is 30.0 Å². The average Bonchev–Trinajstić information content (AvgIpc) is 3.34. The molecule has 0 aliphatic carbocycles. The Morgan fingerprint density at radius 2 is 2.21 bits per heavy atom. The molecule has 0 saturated carbocycles. The smallest absolute Gasteiger partial charge is 0.226 e. The van der Waals surface area contributed by atoms with E-state index >= 15 is 0 Å².